The molecule has 0 bridgehead atoms. The summed E-state index contributed by atoms with van der Waals surface area (Å²) in [6.07, 6.45) is 7.17. The predicted octanol–water partition coefficient (Wildman–Crippen LogP) is 4.75. The number of H-pyrrole nitrogens is 2. The van der Waals surface area contributed by atoms with Crippen molar-refractivity contribution < 1.29 is 0 Å². The van der Waals surface area contributed by atoms with Gasteiger partial charge in [0.05, 0.1) is 12.1 Å². The van der Waals surface area contributed by atoms with E-state index in [9.17, 15) is 0 Å². The van der Waals surface area contributed by atoms with Crippen molar-refractivity contribution in [2.24, 2.45) is 0 Å². The van der Waals surface area contributed by atoms with Crippen molar-refractivity contribution in [3.63, 3.8) is 0 Å². The van der Waals surface area contributed by atoms with Gasteiger partial charge in [-0.25, -0.2) is 9.97 Å². The number of hydrogen-bond donors (Lipinski definition) is 2. The molecular weight excluding hydrogens is 334 g/mol. The van der Waals surface area contributed by atoms with E-state index in [0.29, 0.717) is 6.54 Å². The van der Waals surface area contributed by atoms with Crippen molar-refractivity contribution in [3.05, 3.63) is 47.9 Å². The molecule has 140 valence electrons. The van der Waals surface area contributed by atoms with Gasteiger partial charge in [0.15, 0.2) is 5.65 Å². The second-order valence-corrected chi connectivity index (χ2v) is 6.36. The summed E-state index contributed by atoms with van der Waals surface area (Å²) in [7, 11) is 2.03. The van der Waals surface area contributed by atoms with Crippen LogP contribution in [0.3, 0.4) is 0 Å². The molecule has 0 saturated carbocycles. The molecule has 5 nitrogen and oxygen atoms in total. The summed E-state index contributed by atoms with van der Waals surface area (Å²) in [6.45, 7) is 3.42. The first-order valence-electron chi connectivity index (χ1n) is 8.19. The van der Waals surface area contributed by atoms with Crippen LogP contribution in [0.4, 0.5) is 0 Å². The molecule has 0 atom stereocenters. The third-order valence-electron chi connectivity index (χ3n) is 4.30. The Balaban J connectivity index is 0.00000131. The summed E-state index contributed by atoms with van der Waals surface area (Å²) >= 11 is 0. The lowest BCUT2D eigenvalue weighted by Gasteiger charge is -2.12. The second-order valence-electron chi connectivity index (χ2n) is 6.36. The van der Waals surface area contributed by atoms with Gasteiger partial charge in [0.25, 0.3) is 0 Å². The Kier molecular flexibility index (Phi) is 6.04. The molecule has 0 aliphatic heterocycles. The molecule has 0 aliphatic rings. The van der Waals surface area contributed by atoms with Gasteiger partial charge in [0, 0.05) is 34.9 Å². The first kappa shape index (κ1) is 20.2. The van der Waals surface area contributed by atoms with Gasteiger partial charge in [-0.1, -0.05) is 26.8 Å². The molecule has 0 fully saturated rings. The van der Waals surface area contributed by atoms with Crippen LogP contribution >= 0.6 is 0 Å². The molecule has 0 spiro atoms. The van der Waals surface area contributed by atoms with Crippen LogP contribution in [0.1, 0.15) is 26.2 Å². The van der Waals surface area contributed by atoms with E-state index in [1.165, 1.54) is 10.9 Å². The Bertz CT molecular complexity index is 1100. The number of aryl methyl sites for hydroxylation is 1. The number of aromatic amines is 2. The fraction of sp³-hybridized carbons (Fsp3) is 0.273. The number of rotatable bonds is 4. The molecular formula is C22H27N5. The van der Waals surface area contributed by atoms with E-state index in [2.05, 4.69) is 55.0 Å². The normalized spacial score (nSPS) is 10.6. The molecule has 0 aliphatic carbocycles. The number of aromatic nitrogens is 4. The lowest BCUT2D eigenvalue weighted by molar-refractivity contribution is 0.369. The molecule has 3 aromatic heterocycles. The molecule has 5 heteroatoms. The van der Waals surface area contributed by atoms with Crippen molar-refractivity contribution >= 4 is 22.1 Å². The molecule has 2 N–H and O–H groups in total. The molecule has 0 unspecified atom stereocenters. The molecule has 0 radical (unpaired) electrons. The van der Waals surface area contributed by atoms with E-state index in [-0.39, 0.29) is 14.9 Å². The highest BCUT2D eigenvalue weighted by molar-refractivity contribution is 5.94. The van der Waals surface area contributed by atoms with Gasteiger partial charge < -0.3 is 9.97 Å². The maximum atomic E-state index is 5.38. The Morgan fingerprint density at radius 2 is 1.96 bits per heavy atom. The van der Waals surface area contributed by atoms with Crippen LogP contribution in [0, 0.1) is 19.3 Å². The smallest absolute Gasteiger partial charge is 0.178 e. The number of fused-ring (bicyclic) bond motifs is 2. The minimum atomic E-state index is 0. The summed E-state index contributed by atoms with van der Waals surface area (Å²) in [4.78, 5) is 17.7. The van der Waals surface area contributed by atoms with E-state index in [4.69, 9.17) is 6.42 Å². The zero-order valence-corrected chi connectivity index (χ0v) is 14.3. The minimum absolute atomic E-state index is 0. The topological polar surface area (TPSA) is 60.6 Å². The lowest BCUT2D eigenvalue weighted by Crippen LogP contribution is -2.17. The van der Waals surface area contributed by atoms with E-state index >= 15 is 0 Å². The van der Waals surface area contributed by atoms with Gasteiger partial charge in [-0.15, -0.1) is 6.42 Å². The highest BCUT2D eigenvalue weighted by Gasteiger charge is 2.11. The summed E-state index contributed by atoms with van der Waals surface area (Å²) < 4.78 is 0. The number of imidazole rings is 1. The van der Waals surface area contributed by atoms with Crippen LogP contribution in [0.2, 0.25) is 0 Å². The van der Waals surface area contributed by atoms with Crippen molar-refractivity contribution in [3.8, 4) is 23.6 Å². The quantitative estimate of drug-likeness (QED) is 0.516. The minimum Gasteiger partial charge on any atom is -0.354 e. The van der Waals surface area contributed by atoms with Gasteiger partial charge in [0.1, 0.15) is 5.82 Å². The maximum Gasteiger partial charge on any atom is 0.178 e. The van der Waals surface area contributed by atoms with Crippen LogP contribution < -0.4 is 0 Å². The van der Waals surface area contributed by atoms with Crippen molar-refractivity contribution in [1.82, 2.24) is 24.8 Å². The fourth-order valence-electron chi connectivity index (χ4n) is 3.20. The maximum absolute atomic E-state index is 5.38. The summed E-state index contributed by atoms with van der Waals surface area (Å²) in [5.74, 6) is 3.54. The van der Waals surface area contributed by atoms with Gasteiger partial charge in [0.2, 0.25) is 0 Å². The molecule has 4 aromatic rings. The number of nitrogens with zero attached hydrogens (tertiary/aromatic N) is 3. The Morgan fingerprint density at radius 1 is 1.15 bits per heavy atom. The van der Waals surface area contributed by atoms with E-state index < -0.39 is 0 Å². The summed E-state index contributed by atoms with van der Waals surface area (Å²) in [6, 6.07) is 10.6. The standard InChI is InChI=1S/C20H19N5.2CH4/c1-4-9-25(3)12-14-5-6-17-15(10-14)11-18(24-17)16-7-8-21-20-19(16)22-13(2)23-20;;/h1,5-8,10-11,24H,9,12H2,2-3H3,(H,21,22,23);2*1H4. The van der Waals surface area contributed by atoms with Gasteiger partial charge in [-0.3, -0.25) is 4.90 Å². The van der Waals surface area contributed by atoms with E-state index in [1.807, 2.05) is 20.0 Å². The van der Waals surface area contributed by atoms with Crippen molar-refractivity contribution in [2.45, 2.75) is 28.3 Å². The largest absolute Gasteiger partial charge is 0.354 e. The summed E-state index contributed by atoms with van der Waals surface area (Å²) in [5, 5.41) is 1.18. The number of nitrogens with one attached hydrogen (secondary N) is 2. The lowest BCUT2D eigenvalue weighted by atomic mass is 10.1. The van der Waals surface area contributed by atoms with Gasteiger partial charge in [-0.05, 0) is 43.8 Å². The van der Waals surface area contributed by atoms with Gasteiger partial charge in [-0.2, -0.15) is 0 Å². The summed E-state index contributed by atoms with van der Waals surface area (Å²) in [5.41, 5.74) is 6.19. The zero-order valence-electron chi connectivity index (χ0n) is 14.3. The van der Waals surface area contributed by atoms with Crippen molar-refractivity contribution in [1.29, 1.82) is 0 Å². The van der Waals surface area contributed by atoms with E-state index in [0.717, 1.165) is 40.3 Å². The average Bonchev–Trinajstić information content (AvgIpc) is 3.16. The van der Waals surface area contributed by atoms with Crippen LogP contribution in [0.5, 0.6) is 0 Å². The van der Waals surface area contributed by atoms with Crippen LogP contribution in [0.25, 0.3) is 33.3 Å². The Labute approximate surface area is 160 Å². The Morgan fingerprint density at radius 3 is 2.74 bits per heavy atom. The molecule has 0 saturated heterocycles. The number of pyridine rings is 1. The average molecular weight is 361 g/mol. The van der Waals surface area contributed by atoms with E-state index in [1.54, 1.807) is 6.20 Å². The SMILES string of the molecule is C.C.C#CCN(C)Cc1ccc2[nH]c(-c3ccnc4nc(C)[nH]c34)cc2c1. The molecule has 0 amide bonds. The van der Waals surface area contributed by atoms with Crippen LogP contribution in [-0.2, 0) is 6.54 Å². The zero-order chi connectivity index (χ0) is 17.4. The van der Waals surface area contributed by atoms with Crippen LogP contribution in [-0.4, -0.2) is 38.4 Å². The van der Waals surface area contributed by atoms with Crippen LogP contribution in [0.15, 0.2) is 36.5 Å². The number of hydrogen-bond acceptors (Lipinski definition) is 3. The molecule has 4 rings (SSSR count). The third-order valence-corrected chi connectivity index (χ3v) is 4.30. The van der Waals surface area contributed by atoms with Crippen molar-refractivity contribution in [2.75, 3.05) is 13.6 Å². The third kappa shape index (κ3) is 3.86. The first-order valence-corrected chi connectivity index (χ1v) is 8.19. The van der Waals surface area contributed by atoms with Gasteiger partial charge >= 0.3 is 0 Å². The number of terminal acetylenes is 1. The Hall–Kier alpha value is -3.10. The molecule has 27 heavy (non-hydrogen) atoms. The molecule has 3 heterocycles. The number of benzene rings is 1. The highest BCUT2D eigenvalue weighted by atomic mass is 15.1. The predicted molar refractivity (Wildman–Crippen MR) is 115 cm³/mol. The molecule has 1 aromatic carbocycles. The fourth-order valence-corrected chi connectivity index (χ4v) is 3.20. The first-order chi connectivity index (χ1) is 12.1. The highest BCUT2D eigenvalue weighted by Crippen LogP contribution is 2.29. The monoisotopic (exact) mass is 361 g/mol. The second kappa shape index (κ2) is 8.07.